The Morgan fingerprint density at radius 1 is 0.862 bits per heavy atom. The number of hydrogen-bond acceptors (Lipinski definition) is 3. The number of methoxy groups -OCH3 is 1. The van der Waals surface area contributed by atoms with Crippen molar-refractivity contribution < 1.29 is 14.3 Å². The van der Waals surface area contributed by atoms with Crippen LogP contribution >= 0.6 is 0 Å². The van der Waals surface area contributed by atoms with Crippen molar-refractivity contribution in [1.29, 1.82) is 0 Å². The van der Waals surface area contributed by atoms with E-state index in [0.717, 1.165) is 11.3 Å². The summed E-state index contributed by atoms with van der Waals surface area (Å²) in [7, 11) is 1.46. The number of carbonyl (C=O) groups excluding carboxylic acids is 2. The summed E-state index contributed by atoms with van der Waals surface area (Å²) < 4.78 is 6.97. The molecule has 0 saturated carbocycles. The van der Waals surface area contributed by atoms with Gasteiger partial charge in [0.05, 0.1) is 6.42 Å². The normalized spacial score (nSPS) is 10.6. The molecule has 1 heterocycles. The van der Waals surface area contributed by atoms with Gasteiger partial charge in [-0.2, -0.15) is 0 Å². The number of rotatable bonds is 7. The van der Waals surface area contributed by atoms with E-state index in [2.05, 4.69) is 41.2 Å². The van der Waals surface area contributed by atoms with Gasteiger partial charge in [0.2, 0.25) is 11.8 Å². The standard InChI is InChI=1S/C23H25N3O3/c1-16-7-8-17(2)26(16)21-11-9-18(10-12-21)13-22(27)24-19-5-4-6-20(14-19)25-23(28)15-29-3/h4-12,14H,13,15H2,1-3H3,(H,24,27)(H,25,28). The van der Waals surface area contributed by atoms with E-state index in [1.165, 1.54) is 18.5 Å². The van der Waals surface area contributed by atoms with Gasteiger partial charge in [-0.3, -0.25) is 9.59 Å². The molecule has 6 heteroatoms. The second kappa shape index (κ2) is 9.21. The highest BCUT2D eigenvalue weighted by atomic mass is 16.5. The molecule has 2 N–H and O–H groups in total. The van der Waals surface area contributed by atoms with Gasteiger partial charge < -0.3 is 19.9 Å². The van der Waals surface area contributed by atoms with Crippen molar-refractivity contribution in [3.8, 4) is 5.69 Å². The topological polar surface area (TPSA) is 72.4 Å². The zero-order valence-electron chi connectivity index (χ0n) is 16.9. The minimum Gasteiger partial charge on any atom is -0.375 e. The van der Waals surface area contributed by atoms with Gasteiger partial charge in [-0.05, 0) is 61.9 Å². The van der Waals surface area contributed by atoms with Crippen LogP contribution < -0.4 is 10.6 Å². The largest absolute Gasteiger partial charge is 0.375 e. The first-order valence-corrected chi connectivity index (χ1v) is 9.39. The van der Waals surface area contributed by atoms with E-state index in [4.69, 9.17) is 4.74 Å². The van der Waals surface area contributed by atoms with Gasteiger partial charge >= 0.3 is 0 Å². The Balaban J connectivity index is 1.62. The van der Waals surface area contributed by atoms with Gasteiger partial charge in [0.1, 0.15) is 6.61 Å². The van der Waals surface area contributed by atoms with Crippen molar-refractivity contribution in [2.45, 2.75) is 20.3 Å². The minimum atomic E-state index is -0.246. The van der Waals surface area contributed by atoms with Crippen LogP contribution in [0.5, 0.6) is 0 Å². The third-order valence-electron chi connectivity index (χ3n) is 4.54. The van der Waals surface area contributed by atoms with E-state index in [0.29, 0.717) is 11.4 Å². The minimum absolute atomic E-state index is 0.0192. The molecule has 0 spiro atoms. The molecule has 1 aromatic heterocycles. The average Bonchev–Trinajstić information content (AvgIpc) is 3.01. The summed E-state index contributed by atoms with van der Waals surface area (Å²) in [6.45, 7) is 4.12. The Kier molecular flexibility index (Phi) is 6.46. The van der Waals surface area contributed by atoms with E-state index in [1.807, 2.05) is 24.3 Å². The fourth-order valence-electron chi connectivity index (χ4n) is 3.23. The molecule has 3 rings (SSSR count). The number of anilines is 2. The molecule has 0 unspecified atom stereocenters. The number of hydrogen-bond donors (Lipinski definition) is 2. The van der Waals surface area contributed by atoms with Crippen LogP contribution in [0, 0.1) is 13.8 Å². The molecular formula is C23H25N3O3. The number of nitrogens with zero attached hydrogens (tertiary/aromatic N) is 1. The summed E-state index contributed by atoms with van der Waals surface area (Å²) in [6.07, 6.45) is 0.268. The number of amides is 2. The van der Waals surface area contributed by atoms with Crippen LogP contribution in [0.3, 0.4) is 0 Å². The van der Waals surface area contributed by atoms with Crippen molar-refractivity contribution in [1.82, 2.24) is 4.57 Å². The molecule has 0 bridgehead atoms. The molecule has 2 amide bonds. The molecule has 0 atom stereocenters. The van der Waals surface area contributed by atoms with Crippen molar-refractivity contribution in [3.05, 3.63) is 77.6 Å². The predicted octanol–water partition coefficient (Wildman–Crippen LogP) is 3.86. The van der Waals surface area contributed by atoms with E-state index in [-0.39, 0.29) is 24.8 Å². The second-order valence-electron chi connectivity index (χ2n) is 6.90. The van der Waals surface area contributed by atoms with Gasteiger partial charge in [-0.15, -0.1) is 0 Å². The van der Waals surface area contributed by atoms with E-state index < -0.39 is 0 Å². The number of benzene rings is 2. The maximum atomic E-state index is 12.4. The van der Waals surface area contributed by atoms with Gasteiger partial charge in [0.25, 0.3) is 0 Å². The molecule has 0 aliphatic heterocycles. The van der Waals surface area contributed by atoms with Crippen molar-refractivity contribution in [2.75, 3.05) is 24.4 Å². The summed E-state index contributed by atoms with van der Waals surface area (Å²) in [4.78, 5) is 24.0. The zero-order chi connectivity index (χ0) is 20.8. The van der Waals surface area contributed by atoms with Crippen LogP contribution in [-0.2, 0) is 20.7 Å². The number of carbonyl (C=O) groups is 2. The molecular weight excluding hydrogens is 366 g/mol. The van der Waals surface area contributed by atoms with E-state index >= 15 is 0 Å². The molecule has 29 heavy (non-hydrogen) atoms. The maximum absolute atomic E-state index is 12.4. The monoisotopic (exact) mass is 391 g/mol. The molecule has 0 saturated heterocycles. The summed E-state index contributed by atoms with van der Waals surface area (Å²) in [5.74, 6) is -0.365. The maximum Gasteiger partial charge on any atom is 0.250 e. The van der Waals surface area contributed by atoms with E-state index in [1.54, 1.807) is 24.3 Å². The van der Waals surface area contributed by atoms with Gasteiger partial charge in [0, 0.05) is 35.6 Å². The lowest BCUT2D eigenvalue weighted by atomic mass is 10.1. The second-order valence-corrected chi connectivity index (χ2v) is 6.90. The van der Waals surface area contributed by atoms with Crippen LogP contribution in [0.25, 0.3) is 5.69 Å². The van der Waals surface area contributed by atoms with Crippen LogP contribution in [0.4, 0.5) is 11.4 Å². The Morgan fingerprint density at radius 2 is 1.45 bits per heavy atom. The summed E-state index contributed by atoms with van der Waals surface area (Å²) in [5.41, 5.74) is 5.58. The van der Waals surface area contributed by atoms with Crippen LogP contribution in [0.1, 0.15) is 17.0 Å². The smallest absolute Gasteiger partial charge is 0.250 e. The molecule has 3 aromatic rings. The first kappa shape index (κ1) is 20.4. The quantitative estimate of drug-likeness (QED) is 0.642. The molecule has 0 radical (unpaired) electrons. The Morgan fingerprint density at radius 3 is 2.03 bits per heavy atom. The molecule has 0 aliphatic carbocycles. The SMILES string of the molecule is COCC(=O)Nc1cccc(NC(=O)Cc2ccc(-n3c(C)ccc3C)cc2)c1. The summed E-state index contributed by atoms with van der Waals surface area (Å²) in [6, 6.07) is 19.2. The molecule has 150 valence electrons. The predicted molar refractivity (Wildman–Crippen MR) is 115 cm³/mol. The van der Waals surface area contributed by atoms with Crippen LogP contribution in [0.15, 0.2) is 60.7 Å². The van der Waals surface area contributed by atoms with Gasteiger partial charge in [-0.1, -0.05) is 18.2 Å². The Hall–Kier alpha value is -3.38. The van der Waals surface area contributed by atoms with Crippen molar-refractivity contribution >= 4 is 23.2 Å². The third-order valence-corrected chi connectivity index (χ3v) is 4.54. The third kappa shape index (κ3) is 5.33. The van der Waals surface area contributed by atoms with Gasteiger partial charge in [0.15, 0.2) is 0 Å². The highest BCUT2D eigenvalue weighted by Gasteiger charge is 2.08. The molecule has 2 aromatic carbocycles. The van der Waals surface area contributed by atoms with Crippen LogP contribution in [0.2, 0.25) is 0 Å². The number of nitrogens with one attached hydrogen (secondary N) is 2. The fraction of sp³-hybridized carbons (Fsp3) is 0.217. The molecule has 0 fully saturated rings. The molecule has 6 nitrogen and oxygen atoms in total. The van der Waals surface area contributed by atoms with Gasteiger partial charge in [-0.25, -0.2) is 0 Å². The lowest BCUT2D eigenvalue weighted by Gasteiger charge is -2.11. The van der Waals surface area contributed by atoms with Crippen LogP contribution in [-0.4, -0.2) is 30.1 Å². The zero-order valence-corrected chi connectivity index (χ0v) is 16.9. The average molecular weight is 391 g/mol. The first-order chi connectivity index (χ1) is 14.0. The lowest BCUT2D eigenvalue weighted by molar-refractivity contribution is -0.119. The fourth-order valence-corrected chi connectivity index (χ4v) is 3.23. The highest BCUT2D eigenvalue weighted by molar-refractivity contribution is 5.95. The number of aromatic nitrogens is 1. The number of ether oxygens (including phenoxy) is 1. The Bertz CT molecular complexity index is 987. The van der Waals surface area contributed by atoms with Crippen molar-refractivity contribution in [2.24, 2.45) is 0 Å². The van der Waals surface area contributed by atoms with Crippen molar-refractivity contribution in [3.63, 3.8) is 0 Å². The molecule has 0 aliphatic rings. The summed E-state index contributed by atoms with van der Waals surface area (Å²) >= 11 is 0. The highest BCUT2D eigenvalue weighted by Crippen LogP contribution is 2.18. The summed E-state index contributed by atoms with van der Waals surface area (Å²) in [5, 5.41) is 5.59. The van der Waals surface area contributed by atoms with E-state index in [9.17, 15) is 9.59 Å². The number of aryl methyl sites for hydroxylation is 2. The Labute approximate surface area is 170 Å². The lowest BCUT2D eigenvalue weighted by Crippen LogP contribution is -2.18. The first-order valence-electron chi connectivity index (χ1n) is 9.39.